The average molecular weight is 310 g/mol. The molecule has 3 rings (SSSR count). The van der Waals surface area contributed by atoms with E-state index in [4.69, 9.17) is 9.88 Å². The molecule has 1 fully saturated rings. The summed E-state index contributed by atoms with van der Waals surface area (Å²) in [6.45, 7) is 0.238. The van der Waals surface area contributed by atoms with Gasteiger partial charge in [0.2, 0.25) is 15.9 Å². The number of carbonyl (C=O) groups excluding carboxylic acids is 1. The zero-order valence-corrected chi connectivity index (χ0v) is 12.4. The van der Waals surface area contributed by atoms with Crippen LogP contribution in [0.25, 0.3) is 0 Å². The lowest BCUT2D eigenvalue weighted by molar-refractivity contribution is -0.123. The third kappa shape index (κ3) is 2.89. The molecular weight excluding hydrogens is 292 g/mol. The van der Waals surface area contributed by atoms with Gasteiger partial charge in [-0.3, -0.25) is 4.79 Å². The molecule has 1 heterocycles. The molecule has 3 N–H and O–H groups in total. The van der Waals surface area contributed by atoms with E-state index in [1.807, 2.05) is 0 Å². The van der Waals surface area contributed by atoms with Gasteiger partial charge in [0, 0.05) is 11.6 Å². The van der Waals surface area contributed by atoms with Crippen molar-refractivity contribution in [3.8, 4) is 5.75 Å². The molecule has 21 heavy (non-hydrogen) atoms. The number of hydrogen-bond donors (Lipinski definition) is 2. The van der Waals surface area contributed by atoms with E-state index < -0.39 is 15.9 Å². The molecule has 1 amide bonds. The summed E-state index contributed by atoms with van der Waals surface area (Å²) < 4.78 is 28.3. The SMILES string of the molecule is NS(=O)(=O)c1ccc2c(c1)C(C(=O)NC1CCCC1)CO2. The Kier molecular flexibility index (Phi) is 3.62. The molecule has 6 nitrogen and oxygen atoms in total. The van der Waals surface area contributed by atoms with Gasteiger partial charge in [-0.25, -0.2) is 13.6 Å². The number of primary sulfonamides is 1. The maximum Gasteiger partial charge on any atom is 0.238 e. The molecule has 1 aliphatic carbocycles. The maximum atomic E-state index is 12.4. The second kappa shape index (κ2) is 5.31. The summed E-state index contributed by atoms with van der Waals surface area (Å²) in [5, 5.41) is 8.16. The highest BCUT2D eigenvalue weighted by atomic mass is 32.2. The van der Waals surface area contributed by atoms with Crippen LogP contribution in [0, 0.1) is 0 Å². The van der Waals surface area contributed by atoms with Gasteiger partial charge in [0.25, 0.3) is 0 Å². The second-order valence-corrected chi connectivity index (χ2v) is 7.16. The second-order valence-electron chi connectivity index (χ2n) is 5.60. The number of nitrogens with one attached hydrogen (secondary N) is 1. The number of carbonyl (C=O) groups is 1. The number of sulfonamides is 1. The number of hydrogen-bond acceptors (Lipinski definition) is 4. The minimum Gasteiger partial charge on any atom is -0.492 e. The number of benzene rings is 1. The maximum absolute atomic E-state index is 12.4. The van der Waals surface area contributed by atoms with E-state index in [1.54, 1.807) is 6.07 Å². The number of rotatable bonds is 3. The molecule has 1 aromatic rings. The molecule has 0 bridgehead atoms. The quantitative estimate of drug-likeness (QED) is 0.865. The van der Waals surface area contributed by atoms with Crippen molar-refractivity contribution in [3.63, 3.8) is 0 Å². The lowest BCUT2D eigenvalue weighted by Gasteiger charge is -2.15. The highest BCUT2D eigenvalue weighted by Crippen LogP contribution is 2.35. The topological polar surface area (TPSA) is 98.5 Å². The van der Waals surface area contributed by atoms with Crippen LogP contribution < -0.4 is 15.2 Å². The number of nitrogens with two attached hydrogens (primary N) is 1. The van der Waals surface area contributed by atoms with Crippen molar-refractivity contribution in [1.29, 1.82) is 0 Å². The van der Waals surface area contributed by atoms with Gasteiger partial charge < -0.3 is 10.1 Å². The smallest absolute Gasteiger partial charge is 0.238 e. The molecule has 0 radical (unpaired) electrons. The van der Waals surface area contributed by atoms with Crippen molar-refractivity contribution < 1.29 is 17.9 Å². The molecule has 7 heteroatoms. The van der Waals surface area contributed by atoms with Crippen LogP contribution in [-0.4, -0.2) is 27.0 Å². The molecule has 0 saturated heterocycles. The Morgan fingerprint density at radius 1 is 1.29 bits per heavy atom. The van der Waals surface area contributed by atoms with Crippen molar-refractivity contribution in [2.45, 2.75) is 42.5 Å². The monoisotopic (exact) mass is 310 g/mol. The van der Waals surface area contributed by atoms with Crippen molar-refractivity contribution in [3.05, 3.63) is 23.8 Å². The standard InChI is InChI=1S/C14H18N2O4S/c15-21(18,19)10-5-6-13-11(7-10)12(8-20-13)14(17)16-9-3-1-2-4-9/h5-7,9,12H,1-4,8H2,(H,16,17)(H2,15,18,19). The van der Waals surface area contributed by atoms with Crippen molar-refractivity contribution in [2.75, 3.05) is 6.61 Å². The van der Waals surface area contributed by atoms with Crippen LogP contribution in [0.5, 0.6) is 5.75 Å². The van der Waals surface area contributed by atoms with Crippen LogP contribution in [0.15, 0.2) is 23.1 Å². The molecule has 1 aromatic carbocycles. The lowest BCUT2D eigenvalue weighted by atomic mass is 10.00. The first-order chi connectivity index (χ1) is 9.95. The Morgan fingerprint density at radius 2 is 2.00 bits per heavy atom. The normalized spacial score (nSPS) is 21.9. The predicted molar refractivity (Wildman–Crippen MR) is 76.4 cm³/mol. The van der Waals surface area contributed by atoms with Gasteiger partial charge in [0.15, 0.2) is 0 Å². The molecule has 1 aliphatic heterocycles. The highest BCUT2D eigenvalue weighted by molar-refractivity contribution is 7.89. The van der Waals surface area contributed by atoms with E-state index in [1.165, 1.54) is 12.1 Å². The van der Waals surface area contributed by atoms with Crippen molar-refractivity contribution in [1.82, 2.24) is 5.32 Å². The van der Waals surface area contributed by atoms with Crippen LogP contribution in [0.2, 0.25) is 0 Å². The molecule has 1 unspecified atom stereocenters. The van der Waals surface area contributed by atoms with E-state index in [-0.39, 0.29) is 23.5 Å². The van der Waals surface area contributed by atoms with E-state index in [2.05, 4.69) is 5.32 Å². The first-order valence-corrected chi connectivity index (χ1v) is 8.60. The largest absolute Gasteiger partial charge is 0.492 e. The number of ether oxygens (including phenoxy) is 1. The Balaban J connectivity index is 1.83. The first kappa shape index (κ1) is 14.3. The number of amides is 1. The summed E-state index contributed by atoms with van der Waals surface area (Å²) in [5.74, 6) is -0.0245. The molecule has 1 saturated carbocycles. The Bertz CT molecular complexity index is 666. The Labute approximate surface area is 123 Å². The predicted octanol–water partition coefficient (Wildman–Crippen LogP) is 0.869. The summed E-state index contributed by atoms with van der Waals surface area (Å²) in [5.41, 5.74) is 0.594. The summed E-state index contributed by atoms with van der Waals surface area (Å²) in [7, 11) is -3.78. The fraction of sp³-hybridized carbons (Fsp3) is 0.500. The van der Waals surface area contributed by atoms with E-state index in [0.29, 0.717) is 11.3 Å². The third-order valence-corrected chi connectivity index (χ3v) is 5.02. The summed E-state index contributed by atoms with van der Waals surface area (Å²) >= 11 is 0. The summed E-state index contributed by atoms with van der Waals surface area (Å²) in [6, 6.07) is 4.61. The Morgan fingerprint density at radius 3 is 2.67 bits per heavy atom. The van der Waals surface area contributed by atoms with Gasteiger partial charge in [0.1, 0.15) is 18.3 Å². The fourth-order valence-electron chi connectivity index (χ4n) is 2.96. The zero-order chi connectivity index (χ0) is 15.0. The summed E-state index contributed by atoms with van der Waals surface area (Å²) in [6.07, 6.45) is 4.28. The average Bonchev–Trinajstić information content (AvgIpc) is 3.05. The molecule has 0 aromatic heterocycles. The van der Waals surface area contributed by atoms with Gasteiger partial charge >= 0.3 is 0 Å². The minimum absolute atomic E-state index is 0.00502. The van der Waals surface area contributed by atoms with Gasteiger partial charge in [-0.15, -0.1) is 0 Å². The zero-order valence-electron chi connectivity index (χ0n) is 11.5. The molecule has 114 valence electrons. The van der Waals surface area contributed by atoms with Crippen LogP contribution in [0.3, 0.4) is 0 Å². The lowest BCUT2D eigenvalue weighted by Crippen LogP contribution is -2.37. The van der Waals surface area contributed by atoms with E-state index in [0.717, 1.165) is 25.7 Å². The van der Waals surface area contributed by atoms with E-state index in [9.17, 15) is 13.2 Å². The van der Waals surface area contributed by atoms with Gasteiger partial charge in [-0.05, 0) is 31.0 Å². The fourth-order valence-corrected chi connectivity index (χ4v) is 3.51. The van der Waals surface area contributed by atoms with Crippen LogP contribution in [0.4, 0.5) is 0 Å². The molecular formula is C14H18N2O4S. The number of fused-ring (bicyclic) bond motifs is 1. The highest BCUT2D eigenvalue weighted by Gasteiger charge is 2.33. The molecule has 0 spiro atoms. The molecule has 2 aliphatic rings. The van der Waals surface area contributed by atoms with Gasteiger partial charge in [0.05, 0.1) is 4.90 Å². The molecule has 1 atom stereocenters. The first-order valence-electron chi connectivity index (χ1n) is 7.05. The summed E-state index contributed by atoms with van der Waals surface area (Å²) in [4.78, 5) is 12.4. The minimum atomic E-state index is -3.78. The van der Waals surface area contributed by atoms with E-state index >= 15 is 0 Å². The van der Waals surface area contributed by atoms with Crippen LogP contribution >= 0.6 is 0 Å². The van der Waals surface area contributed by atoms with Crippen LogP contribution in [0.1, 0.15) is 37.2 Å². The van der Waals surface area contributed by atoms with Crippen molar-refractivity contribution in [2.24, 2.45) is 5.14 Å². The Hall–Kier alpha value is -1.60. The van der Waals surface area contributed by atoms with Crippen molar-refractivity contribution >= 4 is 15.9 Å². The third-order valence-electron chi connectivity index (χ3n) is 4.11. The van der Waals surface area contributed by atoms with Crippen LogP contribution in [-0.2, 0) is 14.8 Å². The van der Waals surface area contributed by atoms with Gasteiger partial charge in [-0.1, -0.05) is 12.8 Å². The van der Waals surface area contributed by atoms with Gasteiger partial charge in [-0.2, -0.15) is 0 Å².